The first kappa shape index (κ1) is 34.3. The highest BCUT2D eigenvalue weighted by atomic mass is 127. The van der Waals surface area contributed by atoms with Crippen LogP contribution < -0.4 is 57.9 Å². The molecule has 0 aliphatic heterocycles. The number of hydrogen-bond donors (Lipinski definition) is 0. The van der Waals surface area contributed by atoms with Gasteiger partial charge in [0, 0.05) is 23.6 Å². The van der Waals surface area contributed by atoms with Crippen LogP contribution >= 0.6 is 0 Å². The van der Waals surface area contributed by atoms with Crippen LogP contribution in [0.1, 0.15) is 63.8 Å². The van der Waals surface area contributed by atoms with E-state index in [0.717, 1.165) is 5.69 Å². The summed E-state index contributed by atoms with van der Waals surface area (Å²) >= 11 is 0. The van der Waals surface area contributed by atoms with E-state index in [1.165, 1.54) is 81.8 Å². The number of nitrogens with one attached hydrogen (secondary N) is 2. The van der Waals surface area contributed by atoms with Crippen molar-refractivity contribution in [3.63, 3.8) is 0 Å². The van der Waals surface area contributed by atoms with E-state index in [1.54, 1.807) is 0 Å². The average Bonchev–Trinajstić information content (AvgIpc) is 3.06. The minimum absolute atomic E-state index is 0. The Kier molecular flexibility index (Phi) is 9.05. The molecule has 8 aromatic rings. The van der Waals surface area contributed by atoms with E-state index in [0.29, 0.717) is 0 Å². The van der Waals surface area contributed by atoms with Crippen LogP contribution in [0.25, 0.3) is 77.4 Å². The van der Waals surface area contributed by atoms with Crippen LogP contribution in [0.3, 0.4) is 0 Å². The van der Waals surface area contributed by atoms with Crippen LogP contribution in [0.4, 0.5) is 0 Å². The van der Waals surface area contributed by atoms with Gasteiger partial charge in [-0.25, -0.2) is 9.97 Å². The van der Waals surface area contributed by atoms with Crippen molar-refractivity contribution in [2.24, 2.45) is 0 Å². The van der Waals surface area contributed by atoms with Gasteiger partial charge < -0.3 is 48.0 Å². The minimum Gasteiger partial charge on any atom is -1.00 e. The lowest BCUT2D eigenvalue weighted by atomic mass is 9.82. The number of hydrogen-bond acceptors (Lipinski definition) is 0. The van der Waals surface area contributed by atoms with Gasteiger partial charge in [-0.15, -0.1) is 0 Å². The van der Waals surface area contributed by atoms with E-state index >= 15 is 0 Å². The molecule has 0 unspecified atom stereocenters. The second kappa shape index (κ2) is 12.7. The lowest BCUT2D eigenvalue weighted by molar-refractivity contribution is -0.364. The summed E-state index contributed by atoms with van der Waals surface area (Å²) in [6, 6.07) is 36.1. The average molecular weight is 851 g/mol. The summed E-state index contributed by atoms with van der Waals surface area (Å²) in [5, 5.41) is 11.8. The Morgan fingerprint density at radius 2 is 1.10 bits per heavy atom. The van der Waals surface area contributed by atoms with E-state index in [4.69, 9.17) is 0 Å². The Bertz CT molecular complexity index is 2500. The van der Waals surface area contributed by atoms with Crippen LogP contribution in [0, 0.1) is 0 Å². The van der Waals surface area contributed by atoms with Crippen LogP contribution in [0.15, 0.2) is 109 Å². The van der Waals surface area contributed by atoms with Crippen LogP contribution in [-0.4, -0.2) is 0 Å². The zero-order valence-corrected chi connectivity index (χ0v) is 32.6. The highest BCUT2D eigenvalue weighted by molar-refractivity contribution is 6.40. The molecule has 8 rings (SSSR count). The van der Waals surface area contributed by atoms with E-state index < -0.39 is 0 Å². The number of rotatable bonds is 3. The van der Waals surface area contributed by atoms with Gasteiger partial charge in [-0.3, -0.25) is 0 Å². The second-order valence-electron chi connectivity index (χ2n) is 14.8. The maximum absolute atomic E-state index is 3.67. The maximum atomic E-state index is 3.67. The van der Waals surface area contributed by atoms with Gasteiger partial charge in [0.1, 0.15) is 0 Å². The topological polar surface area (TPSA) is 28.3 Å². The van der Waals surface area contributed by atoms with Crippen molar-refractivity contribution in [1.82, 2.24) is 0 Å². The predicted octanol–water partition coefficient (Wildman–Crippen LogP) is 4.96. The molecule has 0 amide bonds. The fraction of sp³-hybridized carbons (Fsp3) is 0.182. The SMILES string of the molecule is CC(C)(C)c1cc[nH+]c(-c2ccccc2/C=C/c2ccc3c4ccc(C(C)(C)C)cc4c4cccc5c6ccc[nH+]c6c2c3c45)c1.[I-].[I-]. The van der Waals surface area contributed by atoms with Crippen molar-refractivity contribution in [1.29, 1.82) is 0 Å². The van der Waals surface area contributed by atoms with Gasteiger partial charge in [-0.05, 0) is 83.6 Å². The molecule has 0 radical (unpaired) electrons. The van der Waals surface area contributed by atoms with E-state index in [2.05, 4.69) is 173 Å². The van der Waals surface area contributed by atoms with E-state index in [9.17, 15) is 0 Å². The Morgan fingerprint density at radius 1 is 0.458 bits per heavy atom. The number of halogens is 2. The van der Waals surface area contributed by atoms with Gasteiger partial charge in [0.15, 0.2) is 12.4 Å². The summed E-state index contributed by atoms with van der Waals surface area (Å²) in [5.74, 6) is 0. The first-order valence-electron chi connectivity index (χ1n) is 16.4. The third kappa shape index (κ3) is 5.65. The third-order valence-electron chi connectivity index (χ3n) is 9.78. The Hall–Kier alpha value is -3.62. The second-order valence-corrected chi connectivity index (χ2v) is 14.8. The molecule has 0 spiro atoms. The quantitative estimate of drug-likeness (QED) is 0.104. The molecule has 48 heavy (non-hydrogen) atoms. The molecule has 2 aromatic heterocycles. The number of aromatic amines is 2. The highest BCUT2D eigenvalue weighted by Gasteiger charge is 2.23. The molecule has 6 aromatic carbocycles. The number of fused-ring (bicyclic) bond motifs is 6. The monoisotopic (exact) mass is 850 g/mol. The Balaban J connectivity index is 0.00000201. The molecule has 2 N–H and O–H groups in total. The Morgan fingerprint density at radius 3 is 1.88 bits per heavy atom. The van der Waals surface area contributed by atoms with Crippen LogP contribution in [0.5, 0.6) is 0 Å². The van der Waals surface area contributed by atoms with Gasteiger partial charge in [0.2, 0.25) is 11.2 Å². The lowest BCUT2D eigenvalue weighted by Crippen LogP contribution is -3.00. The molecular formula is C44H40I2N2. The lowest BCUT2D eigenvalue weighted by Gasteiger charge is -2.22. The molecule has 0 saturated heterocycles. The zero-order chi connectivity index (χ0) is 31.8. The van der Waals surface area contributed by atoms with Gasteiger partial charge in [-0.2, -0.15) is 0 Å². The van der Waals surface area contributed by atoms with Gasteiger partial charge >= 0.3 is 0 Å². The minimum atomic E-state index is 0. The third-order valence-corrected chi connectivity index (χ3v) is 9.78. The number of pyridine rings is 2. The molecule has 4 heteroatoms. The number of aromatic nitrogens is 2. The zero-order valence-electron chi connectivity index (χ0n) is 28.3. The van der Waals surface area contributed by atoms with Gasteiger partial charge in [0.25, 0.3) is 0 Å². The Labute approximate surface area is 317 Å². The van der Waals surface area contributed by atoms with Crippen molar-refractivity contribution in [3.05, 3.63) is 132 Å². The van der Waals surface area contributed by atoms with Crippen molar-refractivity contribution in [2.45, 2.75) is 52.4 Å². The van der Waals surface area contributed by atoms with Crippen LogP contribution in [0.2, 0.25) is 0 Å². The van der Waals surface area contributed by atoms with Gasteiger partial charge in [-0.1, -0.05) is 114 Å². The van der Waals surface area contributed by atoms with Crippen molar-refractivity contribution in [3.8, 4) is 11.3 Å². The van der Waals surface area contributed by atoms with E-state index in [-0.39, 0.29) is 58.8 Å². The fourth-order valence-electron chi connectivity index (χ4n) is 7.27. The number of benzene rings is 6. The highest BCUT2D eigenvalue weighted by Crippen LogP contribution is 2.46. The normalized spacial score (nSPS) is 12.4. The summed E-state index contributed by atoms with van der Waals surface area (Å²) < 4.78 is 0. The molecule has 2 nitrogen and oxygen atoms in total. The first-order valence-corrected chi connectivity index (χ1v) is 16.4. The van der Waals surface area contributed by atoms with Crippen molar-refractivity contribution in [2.75, 3.05) is 0 Å². The molecule has 0 atom stereocenters. The molecule has 0 bridgehead atoms. The van der Waals surface area contributed by atoms with E-state index in [1.807, 2.05) is 0 Å². The predicted molar refractivity (Wildman–Crippen MR) is 196 cm³/mol. The molecule has 0 aliphatic carbocycles. The van der Waals surface area contributed by atoms with Gasteiger partial charge in [0.05, 0.1) is 16.3 Å². The fourth-order valence-corrected chi connectivity index (χ4v) is 7.27. The smallest absolute Gasteiger partial charge is 0.219 e. The summed E-state index contributed by atoms with van der Waals surface area (Å²) in [7, 11) is 0. The molecule has 0 fully saturated rings. The summed E-state index contributed by atoms with van der Waals surface area (Å²) in [4.78, 5) is 7.18. The van der Waals surface area contributed by atoms with Crippen molar-refractivity contribution < 1.29 is 57.9 Å². The summed E-state index contributed by atoms with van der Waals surface area (Å²) in [5.41, 5.74) is 8.72. The van der Waals surface area contributed by atoms with Crippen LogP contribution in [-0.2, 0) is 10.8 Å². The largest absolute Gasteiger partial charge is 1.00 e. The molecule has 0 aliphatic rings. The summed E-state index contributed by atoms with van der Waals surface area (Å²) in [6.07, 6.45) is 8.70. The molecule has 240 valence electrons. The summed E-state index contributed by atoms with van der Waals surface area (Å²) in [6.45, 7) is 13.7. The standard InChI is InChI=1S/C44H38N2.2HI/c1-43(2,3)29-19-21-32-35-20-18-28(17-16-27-11-7-8-12-31(27)38-26-30(22-24-45-38)44(4,5)6)39-41(35)40-33(36-15-10-23-46-42(36)39)13-9-14-34(40)37(32)25-29;;/h7-26H,1-6H3;2*1H/b17-16+;;. The molecular weight excluding hydrogens is 810 g/mol. The first-order chi connectivity index (χ1) is 22.1. The number of H-pyrrole nitrogens is 2. The molecule has 0 saturated carbocycles. The molecule has 2 heterocycles. The maximum Gasteiger partial charge on any atom is 0.219 e. The van der Waals surface area contributed by atoms with Crippen molar-refractivity contribution >= 4 is 66.1 Å².